The Morgan fingerprint density at radius 3 is 2.88 bits per heavy atom. The number of ether oxygens (including phenoxy) is 1. The fourth-order valence-corrected chi connectivity index (χ4v) is 3.34. The molecule has 0 aliphatic heterocycles. The number of sulfonamides is 1. The molecule has 0 atom stereocenters. The zero-order valence-electron chi connectivity index (χ0n) is 9.10. The lowest BCUT2D eigenvalue weighted by molar-refractivity contribution is 0.153. The predicted octanol–water partition coefficient (Wildman–Crippen LogP) is 0.522. The summed E-state index contributed by atoms with van der Waals surface area (Å²) in [6, 6.07) is 1.59. The van der Waals surface area contributed by atoms with Gasteiger partial charge in [-0.05, 0) is 23.9 Å². The molecule has 0 aromatic carbocycles. The van der Waals surface area contributed by atoms with Crippen molar-refractivity contribution >= 4 is 21.4 Å². The molecular formula is C9H16N2O3S2. The van der Waals surface area contributed by atoms with Gasteiger partial charge in [0, 0.05) is 19.7 Å². The second-order valence-corrected chi connectivity index (χ2v) is 5.98. The number of nitrogens with one attached hydrogen (secondary N) is 1. The van der Waals surface area contributed by atoms with Crippen LogP contribution < -0.4 is 10.5 Å². The maximum Gasteiger partial charge on any atom is 0.250 e. The van der Waals surface area contributed by atoms with Crippen LogP contribution in [0.3, 0.4) is 0 Å². The topological polar surface area (TPSA) is 81.4 Å². The van der Waals surface area contributed by atoms with E-state index in [1.165, 1.54) is 11.3 Å². The Hall–Kier alpha value is -0.470. The lowest BCUT2D eigenvalue weighted by Crippen LogP contribution is -2.26. The van der Waals surface area contributed by atoms with E-state index in [1.807, 2.05) is 6.92 Å². The molecule has 0 aliphatic carbocycles. The lowest BCUT2D eigenvalue weighted by atomic mass is 10.4. The molecule has 0 saturated carbocycles. The molecule has 0 aliphatic rings. The maximum absolute atomic E-state index is 11.7. The summed E-state index contributed by atoms with van der Waals surface area (Å²) >= 11 is 1.17. The third-order valence-electron chi connectivity index (χ3n) is 1.87. The Kier molecular flexibility index (Phi) is 5.36. The second-order valence-electron chi connectivity index (χ2n) is 3.07. The highest BCUT2D eigenvalue weighted by Gasteiger charge is 2.15. The Labute approximate surface area is 99.7 Å². The fourth-order valence-electron chi connectivity index (χ4n) is 1.06. The molecule has 92 valence electrons. The molecule has 0 unspecified atom stereocenters. The van der Waals surface area contributed by atoms with Crippen LogP contribution in [0.5, 0.6) is 0 Å². The maximum atomic E-state index is 11.7. The molecule has 16 heavy (non-hydrogen) atoms. The molecule has 0 fully saturated rings. The molecule has 1 heterocycles. The molecular weight excluding hydrogens is 248 g/mol. The molecule has 0 bridgehead atoms. The van der Waals surface area contributed by atoms with Crippen molar-refractivity contribution in [2.24, 2.45) is 5.73 Å². The first kappa shape index (κ1) is 13.6. The zero-order chi connectivity index (χ0) is 12.0. The van der Waals surface area contributed by atoms with E-state index in [-0.39, 0.29) is 6.54 Å². The Balaban J connectivity index is 2.56. The minimum absolute atomic E-state index is 0.284. The van der Waals surface area contributed by atoms with Gasteiger partial charge in [0.1, 0.15) is 4.21 Å². The van der Waals surface area contributed by atoms with Crippen LogP contribution in [0.25, 0.3) is 0 Å². The molecule has 0 saturated heterocycles. The van der Waals surface area contributed by atoms with Crippen molar-refractivity contribution in [2.45, 2.75) is 17.7 Å². The number of hydrogen-bond acceptors (Lipinski definition) is 5. The SMILES string of the molecule is CCOCCNS(=O)(=O)c1cc(CN)cs1. The van der Waals surface area contributed by atoms with Crippen molar-refractivity contribution in [3.63, 3.8) is 0 Å². The molecule has 5 nitrogen and oxygen atoms in total. The monoisotopic (exact) mass is 264 g/mol. The largest absolute Gasteiger partial charge is 0.380 e. The summed E-state index contributed by atoms with van der Waals surface area (Å²) < 4.78 is 31.3. The standard InChI is InChI=1S/C9H16N2O3S2/c1-2-14-4-3-11-16(12,13)9-5-8(6-10)7-15-9/h5,7,11H,2-4,6,10H2,1H3. The third kappa shape index (κ3) is 3.84. The van der Waals surface area contributed by atoms with Gasteiger partial charge >= 0.3 is 0 Å². The molecule has 1 aromatic rings. The Morgan fingerprint density at radius 2 is 2.31 bits per heavy atom. The molecule has 1 rings (SSSR count). The molecule has 3 N–H and O–H groups in total. The van der Waals surface area contributed by atoms with Gasteiger partial charge in [0.05, 0.1) is 6.61 Å². The smallest absolute Gasteiger partial charge is 0.250 e. The van der Waals surface area contributed by atoms with Gasteiger partial charge in [-0.1, -0.05) is 0 Å². The molecule has 0 amide bonds. The third-order valence-corrected chi connectivity index (χ3v) is 4.82. The minimum Gasteiger partial charge on any atom is -0.380 e. The van der Waals surface area contributed by atoms with Crippen molar-refractivity contribution in [3.8, 4) is 0 Å². The Morgan fingerprint density at radius 1 is 1.56 bits per heavy atom. The summed E-state index contributed by atoms with van der Waals surface area (Å²) in [6.07, 6.45) is 0. The summed E-state index contributed by atoms with van der Waals surface area (Å²) in [6.45, 7) is 3.46. The highest BCUT2D eigenvalue weighted by atomic mass is 32.2. The normalized spacial score (nSPS) is 11.9. The van der Waals surface area contributed by atoms with Crippen LogP contribution in [0.15, 0.2) is 15.7 Å². The summed E-state index contributed by atoms with van der Waals surface area (Å²) in [7, 11) is -3.40. The van der Waals surface area contributed by atoms with Gasteiger partial charge in [-0.2, -0.15) is 0 Å². The van der Waals surface area contributed by atoms with E-state index in [0.29, 0.717) is 24.0 Å². The summed E-state index contributed by atoms with van der Waals surface area (Å²) in [5.41, 5.74) is 6.25. The summed E-state index contributed by atoms with van der Waals surface area (Å²) in [4.78, 5) is 0. The van der Waals surface area contributed by atoms with Gasteiger partial charge in [-0.25, -0.2) is 13.1 Å². The van der Waals surface area contributed by atoms with E-state index in [9.17, 15) is 8.42 Å². The Bertz CT molecular complexity index is 414. The number of hydrogen-bond donors (Lipinski definition) is 2. The van der Waals surface area contributed by atoms with Gasteiger partial charge < -0.3 is 10.5 Å². The van der Waals surface area contributed by atoms with Crippen LogP contribution in [0.1, 0.15) is 12.5 Å². The van der Waals surface area contributed by atoms with E-state index in [2.05, 4.69) is 4.72 Å². The van der Waals surface area contributed by atoms with Gasteiger partial charge in [-0.3, -0.25) is 0 Å². The quantitative estimate of drug-likeness (QED) is 0.704. The molecule has 7 heteroatoms. The molecule has 1 aromatic heterocycles. The minimum atomic E-state index is -3.40. The van der Waals surface area contributed by atoms with E-state index in [0.717, 1.165) is 5.56 Å². The van der Waals surface area contributed by atoms with Crippen molar-refractivity contribution in [2.75, 3.05) is 19.8 Å². The molecule has 0 radical (unpaired) electrons. The average Bonchev–Trinajstić information content (AvgIpc) is 2.73. The number of nitrogens with two attached hydrogens (primary N) is 1. The highest BCUT2D eigenvalue weighted by Crippen LogP contribution is 2.19. The number of thiophene rings is 1. The average molecular weight is 264 g/mol. The first-order valence-electron chi connectivity index (χ1n) is 4.95. The van der Waals surface area contributed by atoms with Crippen LogP contribution in [0.2, 0.25) is 0 Å². The zero-order valence-corrected chi connectivity index (χ0v) is 10.7. The first-order valence-corrected chi connectivity index (χ1v) is 7.31. The van der Waals surface area contributed by atoms with Crippen molar-refractivity contribution in [1.82, 2.24) is 4.72 Å². The summed E-state index contributed by atoms with van der Waals surface area (Å²) in [5, 5.41) is 1.75. The van der Waals surface area contributed by atoms with Gasteiger partial charge in [0.15, 0.2) is 0 Å². The van der Waals surface area contributed by atoms with Gasteiger partial charge in [0.25, 0.3) is 0 Å². The highest BCUT2D eigenvalue weighted by molar-refractivity contribution is 7.91. The number of rotatable bonds is 7. The van der Waals surface area contributed by atoms with Crippen LogP contribution in [0.4, 0.5) is 0 Å². The van der Waals surface area contributed by atoms with Crippen molar-refractivity contribution < 1.29 is 13.2 Å². The van der Waals surface area contributed by atoms with Crippen molar-refractivity contribution in [3.05, 3.63) is 17.0 Å². The van der Waals surface area contributed by atoms with Crippen molar-refractivity contribution in [1.29, 1.82) is 0 Å². The van der Waals surface area contributed by atoms with Crippen LogP contribution in [-0.4, -0.2) is 28.2 Å². The second kappa shape index (κ2) is 6.31. The van der Waals surface area contributed by atoms with Crippen LogP contribution in [-0.2, 0) is 21.3 Å². The predicted molar refractivity (Wildman–Crippen MR) is 63.9 cm³/mol. The van der Waals surface area contributed by atoms with E-state index < -0.39 is 10.0 Å². The van der Waals surface area contributed by atoms with Gasteiger partial charge in [0.2, 0.25) is 10.0 Å². The fraction of sp³-hybridized carbons (Fsp3) is 0.556. The van der Waals surface area contributed by atoms with E-state index in [1.54, 1.807) is 11.4 Å². The summed E-state index contributed by atoms with van der Waals surface area (Å²) in [5.74, 6) is 0. The lowest BCUT2D eigenvalue weighted by Gasteiger charge is -2.04. The first-order chi connectivity index (χ1) is 7.60. The molecule has 0 spiro atoms. The van der Waals surface area contributed by atoms with Gasteiger partial charge in [-0.15, -0.1) is 11.3 Å². The van der Waals surface area contributed by atoms with Crippen LogP contribution >= 0.6 is 11.3 Å². The van der Waals surface area contributed by atoms with Crippen LogP contribution in [0, 0.1) is 0 Å². The van der Waals surface area contributed by atoms with E-state index >= 15 is 0 Å². The van der Waals surface area contributed by atoms with E-state index in [4.69, 9.17) is 10.5 Å².